The summed E-state index contributed by atoms with van der Waals surface area (Å²) in [6.07, 6.45) is 5.93. The second-order valence-electron chi connectivity index (χ2n) is 12.0. The molecular formula is C30H38N4O7. The maximum absolute atomic E-state index is 13.9. The van der Waals surface area contributed by atoms with E-state index in [-0.39, 0.29) is 25.0 Å². The van der Waals surface area contributed by atoms with Gasteiger partial charge in [0, 0.05) is 18.4 Å². The van der Waals surface area contributed by atoms with Crippen molar-refractivity contribution in [3.63, 3.8) is 0 Å². The largest absolute Gasteiger partial charge is 0.497 e. The zero-order chi connectivity index (χ0) is 29.3. The average molecular weight is 567 g/mol. The first-order valence-corrected chi connectivity index (χ1v) is 14.1. The van der Waals surface area contributed by atoms with E-state index in [1.807, 2.05) is 32.9 Å². The first kappa shape index (κ1) is 28.6. The highest BCUT2D eigenvalue weighted by Crippen LogP contribution is 2.37. The fourth-order valence-corrected chi connectivity index (χ4v) is 5.41. The minimum absolute atomic E-state index is 0.115. The van der Waals surface area contributed by atoms with Crippen molar-refractivity contribution in [3.8, 4) is 11.6 Å². The van der Waals surface area contributed by atoms with Gasteiger partial charge in [0.25, 0.3) is 0 Å². The number of ether oxygens (including phenoxy) is 4. The number of carbonyl (C=O) groups excluding carboxylic acids is 3. The molecule has 1 unspecified atom stereocenters. The molecule has 2 aliphatic heterocycles. The number of alkyl carbamates (subject to hydrolysis) is 1. The van der Waals surface area contributed by atoms with Crippen LogP contribution in [0.4, 0.5) is 4.79 Å². The van der Waals surface area contributed by atoms with E-state index < -0.39 is 41.6 Å². The SMILES string of the molecule is COC(=O)[C@@H]1C[C@@H]2CN1C(=O)[C@H](C(C)(C)C)NC(=O)O[C@@H]1CC1C/C=C/CCc1nc3ccc(OC)cc3nc1O2. The van der Waals surface area contributed by atoms with Crippen molar-refractivity contribution in [1.29, 1.82) is 0 Å². The van der Waals surface area contributed by atoms with E-state index in [2.05, 4.69) is 17.5 Å². The molecule has 2 aromatic rings. The van der Waals surface area contributed by atoms with Crippen LogP contribution in [0.3, 0.4) is 0 Å². The quantitative estimate of drug-likeness (QED) is 0.428. The van der Waals surface area contributed by atoms with Gasteiger partial charge in [-0.3, -0.25) is 4.79 Å². The number of nitrogens with one attached hydrogen (secondary N) is 1. The summed E-state index contributed by atoms with van der Waals surface area (Å²) < 4.78 is 22.4. The Labute approximate surface area is 239 Å². The number of allylic oxidation sites excluding steroid dienone is 2. The predicted molar refractivity (Wildman–Crippen MR) is 149 cm³/mol. The second kappa shape index (κ2) is 11.5. The van der Waals surface area contributed by atoms with Crippen molar-refractivity contribution >= 4 is 29.0 Å². The molecule has 0 radical (unpaired) electrons. The third-order valence-corrected chi connectivity index (χ3v) is 7.85. The van der Waals surface area contributed by atoms with Gasteiger partial charge in [-0.1, -0.05) is 32.9 Å². The molecule has 1 saturated heterocycles. The van der Waals surface area contributed by atoms with Gasteiger partial charge in [0.05, 0.1) is 31.8 Å². The Bertz CT molecular complexity index is 1350. The third-order valence-electron chi connectivity index (χ3n) is 7.85. The van der Waals surface area contributed by atoms with Crippen molar-refractivity contribution in [2.75, 3.05) is 20.8 Å². The number of rotatable bonds is 2. The van der Waals surface area contributed by atoms with Crippen molar-refractivity contribution in [2.24, 2.45) is 11.3 Å². The van der Waals surface area contributed by atoms with Crippen LogP contribution in [0.1, 0.15) is 52.1 Å². The second-order valence-corrected chi connectivity index (χ2v) is 12.0. The molecule has 11 nitrogen and oxygen atoms in total. The van der Waals surface area contributed by atoms with Crippen LogP contribution >= 0.6 is 0 Å². The van der Waals surface area contributed by atoms with E-state index in [1.165, 1.54) is 12.0 Å². The van der Waals surface area contributed by atoms with Crippen LogP contribution in [0.25, 0.3) is 11.0 Å². The number of aryl methyl sites for hydroxylation is 1. The smallest absolute Gasteiger partial charge is 0.408 e. The fourth-order valence-electron chi connectivity index (χ4n) is 5.41. The van der Waals surface area contributed by atoms with Crippen molar-refractivity contribution < 1.29 is 33.3 Å². The summed E-state index contributed by atoms with van der Waals surface area (Å²) in [5.41, 5.74) is 1.38. The molecule has 1 aromatic heterocycles. The molecule has 5 rings (SSSR count). The van der Waals surface area contributed by atoms with Gasteiger partial charge in [-0.2, -0.15) is 0 Å². The van der Waals surface area contributed by atoms with E-state index in [0.29, 0.717) is 29.3 Å². The average Bonchev–Trinajstić information content (AvgIpc) is 3.53. The number of nitrogens with zero attached hydrogens (tertiary/aromatic N) is 3. The Morgan fingerprint density at radius 2 is 1.88 bits per heavy atom. The highest BCUT2D eigenvalue weighted by Gasteiger charge is 2.47. The van der Waals surface area contributed by atoms with Gasteiger partial charge in [-0.15, -0.1) is 0 Å². The predicted octanol–water partition coefficient (Wildman–Crippen LogP) is 3.58. The lowest BCUT2D eigenvalue weighted by atomic mass is 9.85. The third kappa shape index (κ3) is 6.39. The molecule has 1 N–H and O–H groups in total. The van der Waals surface area contributed by atoms with Crippen LogP contribution in [0.2, 0.25) is 0 Å². The Morgan fingerprint density at radius 3 is 2.61 bits per heavy atom. The molecular weight excluding hydrogens is 528 g/mol. The van der Waals surface area contributed by atoms with Crippen LogP contribution in [-0.2, 0) is 25.5 Å². The fraction of sp³-hybridized carbons (Fsp3) is 0.567. The van der Waals surface area contributed by atoms with E-state index in [0.717, 1.165) is 24.8 Å². The number of hydrogen-bond donors (Lipinski definition) is 1. The minimum atomic E-state index is -0.930. The zero-order valence-corrected chi connectivity index (χ0v) is 24.2. The first-order chi connectivity index (χ1) is 19.6. The summed E-state index contributed by atoms with van der Waals surface area (Å²) in [5, 5.41) is 2.78. The van der Waals surface area contributed by atoms with Crippen LogP contribution in [0.5, 0.6) is 11.6 Å². The summed E-state index contributed by atoms with van der Waals surface area (Å²) in [6, 6.07) is 3.69. The molecule has 2 bridgehead atoms. The van der Waals surface area contributed by atoms with Gasteiger partial charge in [0.15, 0.2) is 0 Å². The number of carbonyl (C=O) groups is 3. The van der Waals surface area contributed by atoms with Crippen LogP contribution < -0.4 is 14.8 Å². The van der Waals surface area contributed by atoms with E-state index in [1.54, 1.807) is 13.2 Å². The molecule has 3 aliphatic rings. The normalized spacial score (nSPS) is 27.7. The van der Waals surface area contributed by atoms with Gasteiger partial charge in [-0.05, 0) is 43.2 Å². The molecule has 11 heteroatoms. The molecule has 220 valence electrons. The number of fused-ring (bicyclic) bond motifs is 5. The van der Waals surface area contributed by atoms with Crippen molar-refractivity contribution in [2.45, 2.75) is 77.2 Å². The van der Waals surface area contributed by atoms with E-state index in [9.17, 15) is 14.4 Å². The standard InChI is InChI=1S/C30H38N4O7/c1-30(2,3)25-27(35)34-16-19(15-23(34)28(36)39-5)40-26-21(31-20-12-11-18(38-4)14-22(20)32-26)10-8-6-7-9-17-13-24(17)41-29(37)33-25/h6-7,11-12,14,17,19,23-25H,8-10,13,15-16H2,1-5H3,(H,33,37)/b7-6+/t17?,19-,23+,24-,25-/m1/s1. The summed E-state index contributed by atoms with van der Waals surface area (Å²) >= 11 is 0. The van der Waals surface area contributed by atoms with Crippen molar-refractivity contribution in [3.05, 3.63) is 36.0 Å². The van der Waals surface area contributed by atoms with Gasteiger partial charge < -0.3 is 29.2 Å². The number of esters is 1. The number of methoxy groups -OCH3 is 2. The molecule has 0 spiro atoms. The molecule has 2 amide bonds. The van der Waals surface area contributed by atoms with Crippen LogP contribution in [-0.4, -0.2) is 77.9 Å². The Kier molecular flexibility index (Phi) is 8.06. The molecule has 41 heavy (non-hydrogen) atoms. The maximum atomic E-state index is 13.9. The lowest BCUT2D eigenvalue weighted by Crippen LogP contribution is -2.57. The zero-order valence-electron chi connectivity index (χ0n) is 24.2. The van der Waals surface area contributed by atoms with E-state index >= 15 is 0 Å². The molecule has 1 saturated carbocycles. The molecule has 5 atom stereocenters. The van der Waals surface area contributed by atoms with Gasteiger partial charge >= 0.3 is 12.1 Å². The summed E-state index contributed by atoms with van der Waals surface area (Å²) in [5.74, 6) is 0.306. The Balaban J connectivity index is 1.51. The molecule has 1 aromatic carbocycles. The minimum Gasteiger partial charge on any atom is -0.497 e. The highest BCUT2D eigenvalue weighted by molar-refractivity contribution is 5.91. The Morgan fingerprint density at radius 1 is 1.07 bits per heavy atom. The van der Waals surface area contributed by atoms with Gasteiger partial charge in [0.1, 0.15) is 35.7 Å². The number of amides is 2. The Hall–Kier alpha value is -3.89. The van der Waals surface area contributed by atoms with E-state index in [4.69, 9.17) is 28.9 Å². The number of benzene rings is 1. The van der Waals surface area contributed by atoms with Crippen LogP contribution in [0, 0.1) is 11.3 Å². The number of aromatic nitrogens is 2. The summed E-state index contributed by atoms with van der Waals surface area (Å²) in [4.78, 5) is 50.7. The van der Waals surface area contributed by atoms with Gasteiger partial charge in [-0.25, -0.2) is 19.6 Å². The molecule has 3 heterocycles. The van der Waals surface area contributed by atoms with Gasteiger partial charge in [0.2, 0.25) is 11.8 Å². The topological polar surface area (TPSA) is 129 Å². The van der Waals surface area contributed by atoms with Crippen molar-refractivity contribution in [1.82, 2.24) is 20.2 Å². The first-order valence-electron chi connectivity index (χ1n) is 14.1. The summed E-state index contributed by atoms with van der Waals surface area (Å²) in [7, 11) is 2.88. The monoisotopic (exact) mass is 566 g/mol. The number of hydrogen-bond acceptors (Lipinski definition) is 9. The molecule has 2 fully saturated rings. The highest BCUT2D eigenvalue weighted by atomic mass is 16.6. The van der Waals surface area contributed by atoms with Crippen LogP contribution in [0.15, 0.2) is 30.4 Å². The lowest BCUT2D eigenvalue weighted by Gasteiger charge is -2.34. The summed E-state index contributed by atoms with van der Waals surface area (Å²) in [6.45, 7) is 5.68. The lowest BCUT2D eigenvalue weighted by molar-refractivity contribution is -0.152. The molecule has 1 aliphatic carbocycles. The maximum Gasteiger partial charge on any atom is 0.408 e.